The monoisotopic (exact) mass is 623 g/mol. The van der Waals surface area contributed by atoms with Gasteiger partial charge in [-0.2, -0.15) is 0 Å². The molecule has 0 aromatic heterocycles. The SMILES string of the molecule is N=S(=O)([C@H](Cc1ccccc1)C(=O)N[C@H]1c2ccccc2C[C@H]1O)[C@H](Cc1ccccc1)C(=O)N[C@H]1c2ccccc2C[C@H]1O. The van der Waals surface area contributed by atoms with Crippen LogP contribution < -0.4 is 10.6 Å². The number of hydrogen-bond acceptors (Lipinski definition) is 6. The second kappa shape index (κ2) is 13.0. The van der Waals surface area contributed by atoms with Crippen LogP contribution in [0.1, 0.15) is 45.5 Å². The summed E-state index contributed by atoms with van der Waals surface area (Å²) in [6, 6.07) is 31.5. The molecule has 0 unspecified atom stereocenters. The normalized spacial score (nSPS) is 21.7. The first-order chi connectivity index (χ1) is 21.7. The first-order valence-corrected chi connectivity index (χ1v) is 16.9. The van der Waals surface area contributed by atoms with Crippen LogP contribution >= 0.6 is 0 Å². The molecule has 0 radical (unpaired) electrons. The quantitative estimate of drug-likeness (QED) is 0.183. The summed E-state index contributed by atoms with van der Waals surface area (Å²) >= 11 is 0. The van der Waals surface area contributed by atoms with Gasteiger partial charge in [-0.3, -0.25) is 14.4 Å². The molecule has 5 N–H and O–H groups in total. The van der Waals surface area contributed by atoms with Gasteiger partial charge in [-0.25, -0.2) is 4.21 Å². The van der Waals surface area contributed by atoms with Crippen molar-refractivity contribution in [3.8, 4) is 0 Å². The highest BCUT2D eigenvalue weighted by Gasteiger charge is 2.43. The summed E-state index contributed by atoms with van der Waals surface area (Å²) in [5, 5.41) is 24.7. The van der Waals surface area contributed by atoms with Crippen molar-refractivity contribution in [2.24, 2.45) is 0 Å². The second-order valence-electron chi connectivity index (χ2n) is 11.9. The van der Waals surface area contributed by atoms with Crippen LogP contribution in [0.2, 0.25) is 0 Å². The summed E-state index contributed by atoms with van der Waals surface area (Å²) in [5.41, 5.74) is 4.78. The molecule has 0 fully saturated rings. The molecule has 4 aromatic rings. The van der Waals surface area contributed by atoms with Gasteiger partial charge in [-0.05, 0) is 46.2 Å². The number of aliphatic hydroxyl groups is 2. The molecule has 0 saturated heterocycles. The third-order valence-electron chi connectivity index (χ3n) is 8.96. The van der Waals surface area contributed by atoms with Crippen LogP contribution in [0.5, 0.6) is 0 Å². The van der Waals surface area contributed by atoms with Crippen LogP contribution in [0, 0.1) is 4.78 Å². The summed E-state index contributed by atoms with van der Waals surface area (Å²) in [7, 11) is -4.02. The molecule has 4 aromatic carbocycles. The van der Waals surface area contributed by atoms with Crippen molar-refractivity contribution in [3.05, 3.63) is 143 Å². The van der Waals surface area contributed by atoms with Crippen molar-refractivity contribution in [3.63, 3.8) is 0 Å². The van der Waals surface area contributed by atoms with Crippen LogP contribution in [-0.2, 0) is 45.0 Å². The number of aliphatic hydroxyl groups excluding tert-OH is 2. The van der Waals surface area contributed by atoms with Gasteiger partial charge in [-0.15, -0.1) is 0 Å². The Hall–Kier alpha value is -4.31. The first kappa shape index (κ1) is 30.7. The Bertz CT molecular complexity index is 1660. The lowest BCUT2D eigenvalue weighted by atomic mass is 10.1. The summed E-state index contributed by atoms with van der Waals surface area (Å²) in [6.45, 7) is 0. The Morgan fingerprint density at radius 2 is 1.00 bits per heavy atom. The highest BCUT2D eigenvalue weighted by molar-refractivity contribution is 7.95. The largest absolute Gasteiger partial charge is 0.390 e. The van der Waals surface area contributed by atoms with Gasteiger partial charge >= 0.3 is 0 Å². The van der Waals surface area contributed by atoms with E-state index in [2.05, 4.69) is 10.6 Å². The van der Waals surface area contributed by atoms with Gasteiger partial charge in [0.1, 0.15) is 10.5 Å². The molecule has 6 rings (SSSR count). The molecule has 2 aliphatic carbocycles. The summed E-state index contributed by atoms with van der Waals surface area (Å²) in [6.07, 6.45) is -1.09. The molecule has 0 saturated carbocycles. The first-order valence-electron chi connectivity index (χ1n) is 15.2. The van der Waals surface area contributed by atoms with E-state index in [1.807, 2.05) is 60.7 Å². The zero-order valence-corrected chi connectivity index (χ0v) is 25.5. The number of carbonyl (C=O) groups excluding carboxylic acids is 2. The van der Waals surface area contributed by atoms with Crippen LogP contribution in [0.15, 0.2) is 109 Å². The molecule has 0 heterocycles. The van der Waals surface area contributed by atoms with Crippen LogP contribution in [0.3, 0.4) is 0 Å². The molecular formula is C36H37N3O5S. The molecule has 8 nitrogen and oxygen atoms in total. The number of benzene rings is 4. The molecule has 6 atom stereocenters. The van der Waals surface area contributed by atoms with E-state index in [0.29, 0.717) is 24.0 Å². The van der Waals surface area contributed by atoms with Crippen molar-refractivity contribution >= 4 is 21.5 Å². The smallest absolute Gasteiger partial charge is 0.237 e. The topological polar surface area (TPSA) is 140 Å². The zero-order valence-electron chi connectivity index (χ0n) is 24.7. The maximum Gasteiger partial charge on any atom is 0.237 e. The van der Waals surface area contributed by atoms with E-state index < -0.39 is 56.3 Å². The van der Waals surface area contributed by atoms with Gasteiger partial charge < -0.3 is 20.8 Å². The van der Waals surface area contributed by atoms with E-state index in [0.717, 1.165) is 22.3 Å². The van der Waals surface area contributed by atoms with E-state index >= 15 is 0 Å². The molecule has 0 aliphatic heterocycles. The van der Waals surface area contributed by atoms with Crippen LogP contribution in [0.4, 0.5) is 0 Å². The van der Waals surface area contributed by atoms with Gasteiger partial charge in [0.2, 0.25) is 11.8 Å². The number of carbonyl (C=O) groups is 2. The maximum absolute atomic E-state index is 14.9. The van der Waals surface area contributed by atoms with E-state index in [4.69, 9.17) is 0 Å². The zero-order chi connectivity index (χ0) is 31.6. The molecule has 0 spiro atoms. The number of fused-ring (bicyclic) bond motifs is 2. The number of nitrogens with one attached hydrogen (secondary N) is 3. The molecule has 9 heteroatoms. The Balaban J connectivity index is 1.35. The number of amides is 2. The summed E-state index contributed by atoms with van der Waals surface area (Å²) in [4.78, 5) is 28.3. The molecular weight excluding hydrogens is 586 g/mol. The van der Waals surface area contributed by atoms with Crippen molar-refractivity contribution in [2.45, 2.75) is 60.5 Å². The average Bonchev–Trinajstić information content (AvgIpc) is 3.53. The second-order valence-corrected chi connectivity index (χ2v) is 14.4. The van der Waals surface area contributed by atoms with Crippen LogP contribution in [-0.4, -0.2) is 48.9 Å². The van der Waals surface area contributed by atoms with Crippen molar-refractivity contribution < 1.29 is 24.0 Å². The van der Waals surface area contributed by atoms with Crippen molar-refractivity contribution in [2.75, 3.05) is 0 Å². The van der Waals surface area contributed by atoms with E-state index in [1.54, 1.807) is 48.5 Å². The Labute approximate surface area is 263 Å². The van der Waals surface area contributed by atoms with Gasteiger partial charge in [0, 0.05) is 12.8 Å². The summed E-state index contributed by atoms with van der Waals surface area (Å²) < 4.78 is 24.3. The van der Waals surface area contributed by atoms with Gasteiger partial charge in [-0.1, -0.05) is 109 Å². The minimum absolute atomic E-state index is 0.0348. The minimum atomic E-state index is -4.02. The lowest BCUT2D eigenvalue weighted by Crippen LogP contribution is -2.52. The third kappa shape index (κ3) is 6.42. The van der Waals surface area contributed by atoms with Gasteiger partial charge in [0.15, 0.2) is 0 Å². The minimum Gasteiger partial charge on any atom is -0.390 e. The van der Waals surface area contributed by atoms with Gasteiger partial charge in [0.25, 0.3) is 0 Å². The van der Waals surface area contributed by atoms with E-state index in [-0.39, 0.29) is 12.8 Å². The number of hydrogen-bond donors (Lipinski definition) is 5. The molecule has 2 amide bonds. The fourth-order valence-corrected chi connectivity index (χ4v) is 8.64. The average molecular weight is 624 g/mol. The predicted molar refractivity (Wildman–Crippen MR) is 173 cm³/mol. The van der Waals surface area contributed by atoms with Gasteiger partial charge in [0.05, 0.1) is 34.0 Å². The lowest BCUT2D eigenvalue weighted by molar-refractivity contribution is -0.122. The van der Waals surface area contributed by atoms with Crippen molar-refractivity contribution in [1.29, 1.82) is 4.78 Å². The molecule has 0 bridgehead atoms. The highest BCUT2D eigenvalue weighted by Crippen LogP contribution is 2.34. The fourth-order valence-electron chi connectivity index (χ4n) is 6.59. The van der Waals surface area contributed by atoms with Crippen molar-refractivity contribution in [1.82, 2.24) is 10.6 Å². The molecule has 232 valence electrons. The Morgan fingerprint density at radius 1 is 0.644 bits per heavy atom. The summed E-state index contributed by atoms with van der Waals surface area (Å²) in [5.74, 6) is -1.31. The van der Waals surface area contributed by atoms with E-state index in [1.165, 1.54) is 0 Å². The predicted octanol–water partition coefficient (Wildman–Crippen LogP) is 3.80. The van der Waals surface area contributed by atoms with E-state index in [9.17, 15) is 28.8 Å². The Morgan fingerprint density at radius 3 is 1.40 bits per heavy atom. The molecule has 2 aliphatic rings. The standard InChI is InChI=1S/C36H37N3O5S/c37-45(44,31(19-23-11-3-1-4-12-23)35(42)38-33-27-17-9-7-15-25(27)21-29(33)40)32(20-24-13-5-2-6-14-24)36(43)39-34-28-18-10-8-16-26(28)22-30(34)41/h1-18,29-34,37,40-41H,19-22H2,(H,38,42)(H,39,43)/t29-,30-,31-,32-,33+,34+/m1/s1. The number of rotatable bonds is 10. The Kier molecular flexibility index (Phi) is 8.85. The fraction of sp³-hybridized carbons (Fsp3) is 0.278. The maximum atomic E-state index is 14.9. The lowest BCUT2D eigenvalue weighted by Gasteiger charge is -2.29. The highest BCUT2D eigenvalue weighted by atomic mass is 32.2. The van der Waals surface area contributed by atoms with Crippen LogP contribution in [0.25, 0.3) is 0 Å². The molecule has 45 heavy (non-hydrogen) atoms. The third-order valence-corrected chi connectivity index (χ3v) is 11.4.